The second-order valence-corrected chi connectivity index (χ2v) is 5.64. The minimum atomic E-state index is -3.00. The van der Waals surface area contributed by atoms with Crippen LogP contribution >= 0.6 is 8.09 Å². The number of hydrogen-bond acceptors (Lipinski definition) is 4. The molecule has 0 spiro atoms. The van der Waals surface area contributed by atoms with E-state index in [0.29, 0.717) is 11.5 Å². The van der Waals surface area contributed by atoms with E-state index >= 15 is 0 Å². The van der Waals surface area contributed by atoms with Gasteiger partial charge < -0.3 is 0 Å². The van der Waals surface area contributed by atoms with Crippen LogP contribution in [-0.2, 0) is 4.52 Å². The predicted molar refractivity (Wildman–Crippen MR) is 81.4 cm³/mol. The average Bonchev–Trinajstić information content (AvgIpc) is 2.47. The van der Waals surface area contributed by atoms with E-state index in [1.54, 1.807) is 30.3 Å². The number of para-hydroxylation sites is 2. The van der Waals surface area contributed by atoms with Crippen LogP contribution in [0, 0.1) is 0 Å². The topological polar surface area (TPSA) is 53.7 Å². The van der Waals surface area contributed by atoms with Crippen LogP contribution in [0.1, 0.15) is 0 Å². The van der Waals surface area contributed by atoms with Gasteiger partial charge in [-0.15, -0.1) is 16.6 Å². The molecule has 0 saturated carbocycles. The summed E-state index contributed by atoms with van der Waals surface area (Å²) in [5, 5.41) is 0. The summed E-state index contributed by atoms with van der Waals surface area (Å²) in [6.45, 7) is 3.86. The van der Waals surface area contributed by atoms with Crippen molar-refractivity contribution in [3.63, 3.8) is 0 Å². The summed E-state index contributed by atoms with van der Waals surface area (Å²) in [7, 11) is -3.00. The highest BCUT2D eigenvalue weighted by Gasteiger charge is 2.44. The van der Waals surface area contributed by atoms with Crippen LogP contribution in [0.25, 0.3) is 0 Å². The Morgan fingerprint density at radius 1 is 0.900 bits per heavy atom. The molecule has 0 saturated heterocycles. The third kappa shape index (κ3) is 4.35. The quantitative estimate of drug-likeness (QED) is 0.619. The summed E-state index contributed by atoms with van der Waals surface area (Å²) in [5.41, 5.74) is 6.14. The summed E-state index contributed by atoms with van der Waals surface area (Å²) in [4.78, 5) is 0. The normalized spacial score (nSPS) is 10.8. The lowest BCUT2D eigenvalue weighted by Crippen LogP contribution is -2.20. The molecule has 2 N–H and O–H groups in total. The minimum Gasteiger partial charge on any atom is -0.264 e. The second kappa shape index (κ2) is 7.06. The summed E-state index contributed by atoms with van der Waals surface area (Å²) >= 11 is 0. The van der Waals surface area contributed by atoms with E-state index < -0.39 is 8.09 Å². The molecule has 5 heteroatoms. The molecule has 0 aliphatic rings. The zero-order valence-corrected chi connectivity index (χ0v) is 11.9. The van der Waals surface area contributed by atoms with Gasteiger partial charge in [-0.05, 0) is 24.3 Å². The van der Waals surface area contributed by atoms with Crippen molar-refractivity contribution in [2.75, 3.05) is 6.61 Å². The largest absolute Gasteiger partial charge is 0.589 e. The standard InChI is InChI=1S/C15H17NO3P/c1-2-13-17-20(16,18-14-9-5-3-6-10-14)19-15-11-7-4-8-12-15/h2-12H,1,13,16H2/q+1. The van der Waals surface area contributed by atoms with E-state index in [1.165, 1.54) is 0 Å². The molecule has 20 heavy (non-hydrogen) atoms. The third-order valence-corrected chi connectivity index (χ3v) is 3.76. The van der Waals surface area contributed by atoms with Crippen LogP contribution in [0.5, 0.6) is 11.5 Å². The molecular formula is C15H17NO3P+. The first kappa shape index (κ1) is 14.5. The first-order chi connectivity index (χ1) is 9.72. The van der Waals surface area contributed by atoms with Crippen LogP contribution in [0.3, 0.4) is 0 Å². The van der Waals surface area contributed by atoms with Crippen molar-refractivity contribution >= 4 is 8.09 Å². The van der Waals surface area contributed by atoms with Crippen molar-refractivity contribution in [3.05, 3.63) is 73.3 Å². The van der Waals surface area contributed by atoms with Crippen LogP contribution in [0.4, 0.5) is 0 Å². The van der Waals surface area contributed by atoms with Crippen LogP contribution in [0.2, 0.25) is 0 Å². The Morgan fingerprint density at radius 3 is 1.75 bits per heavy atom. The van der Waals surface area contributed by atoms with Gasteiger partial charge in [0.15, 0.2) is 11.5 Å². The van der Waals surface area contributed by atoms with Gasteiger partial charge in [0.05, 0.1) is 0 Å². The molecule has 0 atom stereocenters. The lowest BCUT2D eigenvalue weighted by molar-refractivity contribution is 0.267. The molecule has 2 aromatic carbocycles. The molecule has 0 aliphatic carbocycles. The average molecular weight is 290 g/mol. The molecule has 0 bridgehead atoms. The fraction of sp³-hybridized carbons (Fsp3) is 0.0667. The molecule has 2 aromatic rings. The maximum absolute atomic E-state index is 6.14. The first-order valence-electron chi connectivity index (χ1n) is 6.14. The highest BCUT2D eigenvalue weighted by molar-refractivity contribution is 7.59. The monoisotopic (exact) mass is 290 g/mol. The summed E-state index contributed by atoms with van der Waals surface area (Å²) in [6.07, 6.45) is 1.60. The highest BCUT2D eigenvalue weighted by Crippen LogP contribution is 2.53. The van der Waals surface area contributed by atoms with Crippen molar-refractivity contribution in [1.82, 2.24) is 0 Å². The van der Waals surface area contributed by atoms with Crippen molar-refractivity contribution in [3.8, 4) is 11.5 Å². The fourth-order valence-electron chi connectivity index (χ4n) is 1.48. The highest BCUT2D eigenvalue weighted by atomic mass is 31.2. The Bertz CT molecular complexity index is 492. The first-order valence-corrected chi connectivity index (χ1v) is 7.75. The summed E-state index contributed by atoms with van der Waals surface area (Å²) in [6, 6.07) is 18.4. The lowest BCUT2D eigenvalue weighted by Gasteiger charge is -2.17. The predicted octanol–water partition coefficient (Wildman–Crippen LogP) is 3.98. The van der Waals surface area contributed by atoms with E-state index in [-0.39, 0.29) is 6.61 Å². The van der Waals surface area contributed by atoms with Crippen molar-refractivity contribution in [1.29, 1.82) is 0 Å². The van der Waals surface area contributed by atoms with Crippen LogP contribution < -0.4 is 14.6 Å². The van der Waals surface area contributed by atoms with Crippen molar-refractivity contribution in [2.24, 2.45) is 5.50 Å². The van der Waals surface area contributed by atoms with E-state index in [1.807, 2.05) is 36.4 Å². The number of hydrogen-bond donors (Lipinski definition) is 1. The van der Waals surface area contributed by atoms with Gasteiger partial charge in [0.2, 0.25) is 0 Å². The molecule has 0 unspecified atom stereocenters. The molecule has 0 aliphatic heterocycles. The number of benzene rings is 2. The van der Waals surface area contributed by atoms with E-state index in [0.717, 1.165) is 0 Å². The second-order valence-electron chi connectivity index (χ2n) is 3.93. The fourth-order valence-corrected chi connectivity index (χ4v) is 2.77. The molecule has 0 radical (unpaired) electrons. The van der Waals surface area contributed by atoms with Gasteiger partial charge >= 0.3 is 8.09 Å². The van der Waals surface area contributed by atoms with Crippen LogP contribution in [-0.4, -0.2) is 6.61 Å². The maximum Gasteiger partial charge on any atom is 0.589 e. The van der Waals surface area contributed by atoms with E-state index in [4.69, 9.17) is 19.1 Å². The zero-order chi connectivity index (χ0) is 14.3. The Kier molecular flexibility index (Phi) is 5.13. The van der Waals surface area contributed by atoms with Gasteiger partial charge in [-0.25, -0.2) is 0 Å². The molecular weight excluding hydrogens is 273 g/mol. The third-order valence-electron chi connectivity index (χ3n) is 2.32. The Hall–Kier alpha value is -1.87. The van der Waals surface area contributed by atoms with Crippen molar-refractivity contribution in [2.45, 2.75) is 0 Å². The Balaban J connectivity index is 2.14. The number of nitrogens with two attached hydrogens (primary N) is 1. The molecule has 0 heterocycles. The van der Waals surface area contributed by atoms with Gasteiger partial charge in [-0.2, -0.15) is 0 Å². The molecule has 0 aromatic heterocycles. The van der Waals surface area contributed by atoms with E-state index in [2.05, 4.69) is 6.58 Å². The number of rotatable bonds is 7. The molecule has 0 fully saturated rings. The molecule has 4 nitrogen and oxygen atoms in total. The smallest absolute Gasteiger partial charge is 0.264 e. The van der Waals surface area contributed by atoms with Crippen LogP contribution in [0.15, 0.2) is 73.3 Å². The van der Waals surface area contributed by atoms with Gasteiger partial charge in [0, 0.05) is 0 Å². The van der Waals surface area contributed by atoms with Gasteiger partial charge in [-0.1, -0.05) is 42.5 Å². The van der Waals surface area contributed by atoms with E-state index in [9.17, 15) is 0 Å². The lowest BCUT2D eigenvalue weighted by atomic mass is 10.3. The molecule has 2 rings (SSSR count). The Morgan fingerprint density at radius 2 is 1.35 bits per heavy atom. The van der Waals surface area contributed by atoms with Crippen molar-refractivity contribution < 1.29 is 13.6 Å². The SMILES string of the molecule is C=CCO[P+](N)(Oc1ccccc1)Oc1ccccc1. The summed E-state index contributed by atoms with van der Waals surface area (Å²) < 4.78 is 16.9. The molecule has 0 amide bonds. The zero-order valence-electron chi connectivity index (χ0n) is 11.0. The van der Waals surface area contributed by atoms with Gasteiger partial charge in [-0.3, -0.25) is 9.05 Å². The van der Waals surface area contributed by atoms with Gasteiger partial charge in [0.25, 0.3) is 0 Å². The minimum absolute atomic E-state index is 0.254. The van der Waals surface area contributed by atoms with Gasteiger partial charge in [0.1, 0.15) is 6.61 Å². The summed E-state index contributed by atoms with van der Waals surface area (Å²) in [5.74, 6) is 1.20. The Labute approximate surface area is 119 Å². The molecule has 104 valence electrons. The maximum atomic E-state index is 6.14.